The summed E-state index contributed by atoms with van der Waals surface area (Å²) in [6.45, 7) is 4.01. The Labute approximate surface area is 161 Å². The zero-order chi connectivity index (χ0) is 19.7. The molecular weight excluding hydrogens is 362 g/mol. The normalized spacial score (nSPS) is 17.8. The highest BCUT2D eigenvalue weighted by atomic mass is 16.6. The van der Waals surface area contributed by atoms with Crippen LogP contribution in [0.3, 0.4) is 0 Å². The summed E-state index contributed by atoms with van der Waals surface area (Å²) in [6.07, 6.45) is 3.54. The second kappa shape index (κ2) is 7.45. The Bertz CT molecular complexity index is 925. The highest BCUT2D eigenvalue weighted by molar-refractivity contribution is 6.23. The summed E-state index contributed by atoms with van der Waals surface area (Å²) in [4.78, 5) is 45.3. The number of hydrogen-bond acceptors (Lipinski definition) is 7. The molecule has 9 heteroatoms. The van der Waals surface area contributed by atoms with Crippen LogP contribution >= 0.6 is 0 Å². The summed E-state index contributed by atoms with van der Waals surface area (Å²) < 4.78 is 0. The molecular formula is C19H19N5O4. The minimum absolute atomic E-state index is 0.103. The second-order valence-electron chi connectivity index (χ2n) is 6.89. The van der Waals surface area contributed by atoms with Crippen LogP contribution in [0.2, 0.25) is 0 Å². The summed E-state index contributed by atoms with van der Waals surface area (Å²) in [5, 5.41) is 11.2. The minimum atomic E-state index is -0.620. The summed E-state index contributed by atoms with van der Waals surface area (Å²) in [6, 6.07) is 8.13. The lowest BCUT2D eigenvalue weighted by Gasteiger charge is -2.36. The molecule has 1 saturated heterocycles. The smallest absolute Gasteiger partial charge is 0.282 e. The topological polar surface area (TPSA) is 99.9 Å². The van der Waals surface area contributed by atoms with E-state index in [9.17, 15) is 19.7 Å². The summed E-state index contributed by atoms with van der Waals surface area (Å²) in [5.74, 6) is -1.06. The van der Waals surface area contributed by atoms with Gasteiger partial charge in [0.2, 0.25) is 0 Å². The molecule has 0 aliphatic carbocycles. The Morgan fingerprint density at radius 3 is 2.32 bits per heavy atom. The van der Waals surface area contributed by atoms with Gasteiger partial charge in [0.15, 0.2) is 0 Å². The van der Waals surface area contributed by atoms with Crippen molar-refractivity contribution >= 4 is 17.5 Å². The number of carbonyl (C=O) groups excluding carboxylic acids is 2. The second-order valence-corrected chi connectivity index (χ2v) is 6.89. The Morgan fingerprint density at radius 1 is 0.964 bits per heavy atom. The van der Waals surface area contributed by atoms with Gasteiger partial charge < -0.3 is 0 Å². The van der Waals surface area contributed by atoms with E-state index in [1.807, 2.05) is 17.0 Å². The molecule has 1 fully saturated rings. The number of piperazine rings is 1. The molecule has 2 aromatic rings. The zero-order valence-electron chi connectivity index (χ0n) is 15.2. The standard InChI is InChI=1S/C19H19N5O4/c25-18-15-2-1-3-16(24(27)28)17(15)19(26)23(18)13-22-10-8-21(9-11-22)12-14-4-6-20-7-5-14/h1-7H,8-13H2. The van der Waals surface area contributed by atoms with Crippen LogP contribution in [0.25, 0.3) is 0 Å². The molecule has 0 spiro atoms. The average Bonchev–Trinajstić information content (AvgIpc) is 2.95. The first-order valence-electron chi connectivity index (χ1n) is 9.02. The number of rotatable bonds is 5. The van der Waals surface area contributed by atoms with Crippen LogP contribution in [0.5, 0.6) is 0 Å². The number of amides is 2. The number of imide groups is 1. The molecule has 0 radical (unpaired) electrons. The van der Waals surface area contributed by atoms with Gasteiger partial charge in [-0.2, -0.15) is 0 Å². The maximum absolute atomic E-state index is 12.7. The molecule has 28 heavy (non-hydrogen) atoms. The fraction of sp³-hybridized carbons (Fsp3) is 0.316. The quantitative estimate of drug-likeness (QED) is 0.438. The van der Waals surface area contributed by atoms with Crippen LogP contribution in [0.1, 0.15) is 26.3 Å². The Kier molecular flexibility index (Phi) is 4.84. The molecule has 0 unspecified atom stereocenters. The highest BCUT2D eigenvalue weighted by Crippen LogP contribution is 2.30. The molecule has 0 N–H and O–H groups in total. The van der Waals surface area contributed by atoms with E-state index in [0.717, 1.165) is 24.5 Å². The van der Waals surface area contributed by atoms with Gasteiger partial charge in [-0.05, 0) is 23.8 Å². The number of nitro groups is 1. The van der Waals surface area contributed by atoms with E-state index < -0.39 is 16.7 Å². The van der Waals surface area contributed by atoms with E-state index in [1.165, 1.54) is 23.8 Å². The van der Waals surface area contributed by atoms with Crippen molar-refractivity contribution in [1.29, 1.82) is 0 Å². The van der Waals surface area contributed by atoms with Crippen molar-refractivity contribution in [3.05, 3.63) is 69.5 Å². The molecule has 4 rings (SSSR count). The monoisotopic (exact) mass is 381 g/mol. The minimum Gasteiger partial charge on any atom is -0.297 e. The fourth-order valence-electron chi connectivity index (χ4n) is 3.63. The molecule has 1 aromatic carbocycles. The van der Waals surface area contributed by atoms with Gasteiger partial charge in [0.25, 0.3) is 17.5 Å². The first-order chi connectivity index (χ1) is 13.5. The summed E-state index contributed by atoms with van der Waals surface area (Å²) in [7, 11) is 0. The van der Waals surface area contributed by atoms with E-state index in [2.05, 4.69) is 9.88 Å². The molecule has 144 valence electrons. The van der Waals surface area contributed by atoms with Gasteiger partial charge in [-0.1, -0.05) is 6.07 Å². The lowest BCUT2D eigenvalue weighted by molar-refractivity contribution is -0.385. The number of aromatic nitrogens is 1. The van der Waals surface area contributed by atoms with Gasteiger partial charge in [0.1, 0.15) is 5.56 Å². The van der Waals surface area contributed by atoms with Gasteiger partial charge in [-0.25, -0.2) is 0 Å². The SMILES string of the molecule is O=C1c2cccc([N+](=O)[O-])c2C(=O)N1CN1CCN(Cc2ccncc2)CC1. The predicted octanol–water partition coefficient (Wildman–Crippen LogP) is 1.36. The molecule has 0 bridgehead atoms. The molecule has 0 saturated carbocycles. The third kappa shape index (κ3) is 3.37. The van der Waals surface area contributed by atoms with Crippen molar-refractivity contribution in [3.63, 3.8) is 0 Å². The number of benzene rings is 1. The maximum atomic E-state index is 12.7. The fourth-order valence-corrected chi connectivity index (χ4v) is 3.63. The number of nitro benzene ring substituents is 1. The van der Waals surface area contributed by atoms with E-state index >= 15 is 0 Å². The van der Waals surface area contributed by atoms with E-state index in [1.54, 1.807) is 12.4 Å². The first kappa shape index (κ1) is 18.2. The maximum Gasteiger partial charge on any atom is 0.282 e. The number of carbonyl (C=O) groups is 2. The van der Waals surface area contributed by atoms with Crippen molar-refractivity contribution < 1.29 is 14.5 Å². The van der Waals surface area contributed by atoms with Crippen LogP contribution < -0.4 is 0 Å². The Balaban J connectivity index is 1.39. The average molecular weight is 381 g/mol. The van der Waals surface area contributed by atoms with Crippen molar-refractivity contribution in [3.8, 4) is 0 Å². The summed E-state index contributed by atoms with van der Waals surface area (Å²) in [5.41, 5.74) is 0.876. The molecule has 1 aromatic heterocycles. The van der Waals surface area contributed by atoms with Gasteiger partial charge in [0.05, 0.1) is 17.2 Å². The molecule has 9 nitrogen and oxygen atoms in total. The van der Waals surface area contributed by atoms with Crippen LogP contribution in [-0.4, -0.2) is 69.3 Å². The lowest BCUT2D eigenvalue weighted by Crippen LogP contribution is -2.50. The number of pyridine rings is 1. The lowest BCUT2D eigenvalue weighted by atomic mass is 10.1. The van der Waals surface area contributed by atoms with Gasteiger partial charge in [-0.15, -0.1) is 0 Å². The van der Waals surface area contributed by atoms with Crippen LogP contribution in [-0.2, 0) is 6.54 Å². The predicted molar refractivity (Wildman–Crippen MR) is 99.6 cm³/mol. The largest absolute Gasteiger partial charge is 0.297 e. The van der Waals surface area contributed by atoms with Crippen LogP contribution in [0.15, 0.2) is 42.7 Å². The Hall–Kier alpha value is -3.17. The van der Waals surface area contributed by atoms with Gasteiger partial charge in [0, 0.05) is 51.2 Å². The number of fused-ring (bicyclic) bond motifs is 1. The summed E-state index contributed by atoms with van der Waals surface area (Å²) >= 11 is 0. The number of hydrogen-bond donors (Lipinski definition) is 0. The molecule has 2 amide bonds. The van der Waals surface area contributed by atoms with E-state index in [4.69, 9.17) is 0 Å². The van der Waals surface area contributed by atoms with Crippen molar-refractivity contribution in [2.45, 2.75) is 6.54 Å². The van der Waals surface area contributed by atoms with Crippen LogP contribution in [0, 0.1) is 10.1 Å². The molecule has 0 atom stereocenters. The molecule has 2 aliphatic rings. The molecule has 2 aliphatic heterocycles. The first-order valence-corrected chi connectivity index (χ1v) is 9.02. The van der Waals surface area contributed by atoms with Gasteiger partial charge >= 0.3 is 0 Å². The van der Waals surface area contributed by atoms with Crippen LogP contribution in [0.4, 0.5) is 5.69 Å². The highest BCUT2D eigenvalue weighted by Gasteiger charge is 2.41. The molecule has 3 heterocycles. The van der Waals surface area contributed by atoms with E-state index in [-0.39, 0.29) is 23.5 Å². The number of nitrogens with zero attached hydrogens (tertiary/aromatic N) is 5. The third-order valence-corrected chi connectivity index (χ3v) is 5.14. The zero-order valence-corrected chi connectivity index (χ0v) is 15.2. The van der Waals surface area contributed by atoms with Crippen molar-refractivity contribution in [2.24, 2.45) is 0 Å². The Morgan fingerprint density at radius 2 is 1.64 bits per heavy atom. The van der Waals surface area contributed by atoms with Gasteiger partial charge in [-0.3, -0.25) is 39.4 Å². The van der Waals surface area contributed by atoms with Crippen molar-refractivity contribution in [2.75, 3.05) is 32.8 Å². The third-order valence-electron chi connectivity index (χ3n) is 5.14. The van der Waals surface area contributed by atoms with E-state index in [0.29, 0.717) is 13.1 Å². The van der Waals surface area contributed by atoms with Crippen molar-refractivity contribution in [1.82, 2.24) is 19.7 Å².